The molecule has 4 aromatic heterocycles. The number of H-pyrrole nitrogens is 1. The summed E-state index contributed by atoms with van der Waals surface area (Å²) in [6, 6.07) is 5.63. The van der Waals surface area contributed by atoms with Crippen molar-refractivity contribution in [2.24, 2.45) is 5.92 Å². The van der Waals surface area contributed by atoms with Crippen molar-refractivity contribution in [2.45, 2.75) is 25.3 Å². The van der Waals surface area contributed by atoms with E-state index in [1.54, 1.807) is 25.8 Å². The van der Waals surface area contributed by atoms with Crippen molar-refractivity contribution in [3.63, 3.8) is 0 Å². The molecule has 1 saturated carbocycles. The topological polar surface area (TPSA) is 101 Å². The number of carbonyl (C=O) groups is 1. The second-order valence-electron chi connectivity index (χ2n) is 7.99. The molecule has 1 fully saturated rings. The highest BCUT2D eigenvalue weighted by atomic mass is 16.5. The normalized spacial score (nSPS) is 18.2. The van der Waals surface area contributed by atoms with E-state index in [0.717, 1.165) is 54.2 Å². The van der Waals surface area contributed by atoms with Crippen LogP contribution in [0.15, 0.2) is 43.1 Å². The molecule has 1 N–H and O–H groups in total. The molecule has 0 amide bonds. The Balaban J connectivity index is 1.42. The van der Waals surface area contributed by atoms with Crippen molar-refractivity contribution in [3.05, 3.63) is 65.9 Å². The summed E-state index contributed by atoms with van der Waals surface area (Å²) in [4.78, 5) is 31.3. The minimum absolute atomic E-state index is 0.0938. The molecule has 156 valence electrons. The number of aromatic amines is 1. The minimum Gasteiger partial charge on any atom is -0.494 e. The van der Waals surface area contributed by atoms with Crippen LogP contribution < -0.4 is 9.64 Å². The average molecular weight is 415 g/mol. The van der Waals surface area contributed by atoms with Crippen LogP contribution in [0.5, 0.6) is 5.75 Å². The van der Waals surface area contributed by atoms with Gasteiger partial charge in [-0.15, -0.1) is 0 Å². The van der Waals surface area contributed by atoms with Crippen LogP contribution in [0, 0.1) is 5.92 Å². The van der Waals surface area contributed by atoms with Crippen molar-refractivity contribution in [2.75, 3.05) is 18.6 Å². The quantitative estimate of drug-likeness (QED) is 0.500. The van der Waals surface area contributed by atoms with Gasteiger partial charge in [-0.05, 0) is 31.0 Å². The highest BCUT2D eigenvalue weighted by Gasteiger charge is 2.35. The molecule has 9 nitrogen and oxygen atoms in total. The number of methoxy groups -OCH3 is 1. The van der Waals surface area contributed by atoms with Gasteiger partial charge in [0.25, 0.3) is 0 Å². The molecule has 0 bridgehead atoms. The number of hydrogen-bond donors (Lipinski definition) is 1. The summed E-state index contributed by atoms with van der Waals surface area (Å²) in [5.74, 6) is 1.68. The predicted molar refractivity (Wildman–Crippen MR) is 112 cm³/mol. The first-order valence-corrected chi connectivity index (χ1v) is 10.4. The average Bonchev–Trinajstić information content (AvgIpc) is 3.38. The molecular weight excluding hydrogens is 394 g/mol. The third-order valence-corrected chi connectivity index (χ3v) is 6.04. The first-order valence-electron chi connectivity index (χ1n) is 10.4. The molecule has 0 unspecified atom stereocenters. The van der Waals surface area contributed by atoms with E-state index >= 15 is 0 Å². The highest BCUT2D eigenvalue weighted by Crippen LogP contribution is 2.37. The van der Waals surface area contributed by atoms with Crippen LogP contribution in [0.3, 0.4) is 0 Å². The molecule has 6 rings (SSSR count). The molecule has 9 heteroatoms. The van der Waals surface area contributed by atoms with E-state index in [-0.39, 0.29) is 17.7 Å². The summed E-state index contributed by atoms with van der Waals surface area (Å²) in [5, 5.41) is 4.82. The van der Waals surface area contributed by atoms with E-state index in [1.807, 2.05) is 28.9 Å². The molecule has 1 aliphatic carbocycles. The van der Waals surface area contributed by atoms with Gasteiger partial charge in [0.05, 0.1) is 37.2 Å². The van der Waals surface area contributed by atoms with E-state index < -0.39 is 0 Å². The van der Waals surface area contributed by atoms with Gasteiger partial charge in [0.2, 0.25) is 0 Å². The van der Waals surface area contributed by atoms with Gasteiger partial charge in [0.15, 0.2) is 5.78 Å². The fraction of sp³-hybridized carbons (Fsp3) is 0.318. The second-order valence-corrected chi connectivity index (χ2v) is 7.99. The number of rotatable bonds is 5. The Morgan fingerprint density at radius 1 is 1.23 bits per heavy atom. The third-order valence-electron chi connectivity index (χ3n) is 6.04. The number of ketones is 1. The number of carbonyl (C=O) groups excluding carboxylic acids is 1. The van der Waals surface area contributed by atoms with Crippen molar-refractivity contribution >= 4 is 17.1 Å². The molecule has 1 atom stereocenters. The lowest BCUT2D eigenvalue weighted by Crippen LogP contribution is -2.37. The summed E-state index contributed by atoms with van der Waals surface area (Å²) in [6.07, 6.45) is 9.63. The van der Waals surface area contributed by atoms with E-state index in [4.69, 9.17) is 9.84 Å². The van der Waals surface area contributed by atoms with E-state index in [0.29, 0.717) is 11.5 Å². The van der Waals surface area contributed by atoms with E-state index in [2.05, 4.69) is 24.8 Å². The smallest absolute Gasteiger partial charge is 0.185 e. The van der Waals surface area contributed by atoms with Gasteiger partial charge < -0.3 is 14.6 Å². The maximum absolute atomic E-state index is 12.3. The zero-order chi connectivity index (χ0) is 20.9. The van der Waals surface area contributed by atoms with Crippen molar-refractivity contribution < 1.29 is 9.53 Å². The first-order chi connectivity index (χ1) is 15.2. The molecule has 2 aliphatic rings. The van der Waals surface area contributed by atoms with Crippen molar-refractivity contribution in [3.8, 4) is 5.75 Å². The van der Waals surface area contributed by atoms with Crippen LogP contribution in [0.4, 0.5) is 5.82 Å². The Morgan fingerprint density at radius 3 is 2.90 bits per heavy atom. The van der Waals surface area contributed by atoms with E-state index in [9.17, 15) is 4.79 Å². The number of nitrogens with zero attached hydrogens (tertiary/aromatic N) is 6. The monoisotopic (exact) mass is 415 g/mol. The van der Waals surface area contributed by atoms with E-state index in [1.165, 1.54) is 0 Å². The minimum atomic E-state index is -0.223. The number of nitrogens with one attached hydrogen (secondary N) is 1. The number of hydrogen-bond acceptors (Lipinski definition) is 7. The van der Waals surface area contributed by atoms with Crippen molar-refractivity contribution in [1.29, 1.82) is 0 Å². The number of Topliss-reactive ketones (excluding diaryl/α,β-unsaturated/α-hetero) is 1. The fourth-order valence-electron chi connectivity index (χ4n) is 4.29. The van der Waals surface area contributed by atoms with Gasteiger partial charge in [-0.1, -0.05) is 0 Å². The summed E-state index contributed by atoms with van der Waals surface area (Å²) < 4.78 is 7.32. The molecule has 0 aromatic carbocycles. The molecule has 0 radical (unpaired) electrons. The van der Waals surface area contributed by atoms with Gasteiger partial charge in [-0.25, -0.2) is 19.5 Å². The Kier molecular flexibility index (Phi) is 4.02. The fourth-order valence-corrected chi connectivity index (χ4v) is 4.29. The molecule has 31 heavy (non-hydrogen) atoms. The van der Waals surface area contributed by atoms with Crippen LogP contribution in [-0.4, -0.2) is 49.0 Å². The van der Waals surface area contributed by atoms with Crippen LogP contribution in [0.25, 0.3) is 5.52 Å². The molecule has 5 heterocycles. The lowest BCUT2D eigenvalue weighted by Gasteiger charge is -2.34. The summed E-state index contributed by atoms with van der Waals surface area (Å²) in [7, 11) is 1.65. The van der Waals surface area contributed by atoms with Gasteiger partial charge in [0.1, 0.15) is 28.8 Å². The summed E-state index contributed by atoms with van der Waals surface area (Å²) in [6.45, 7) is 0.732. The number of ether oxygens (including phenoxy) is 1. The van der Waals surface area contributed by atoms with Crippen LogP contribution in [0.2, 0.25) is 0 Å². The van der Waals surface area contributed by atoms with Crippen LogP contribution in [-0.2, 0) is 6.42 Å². The number of aromatic nitrogens is 6. The Hall–Kier alpha value is -3.75. The molecule has 0 spiro atoms. The number of fused-ring (bicyclic) bond motifs is 2. The zero-order valence-corrected chi connectivity index (χ0v) is 17.0. The van der Waals surface area contributed by atoms with Gasteiger partial charge >= 0.3 is 0 Å². The Labute approximate surface area is 178 Å². The molecule has 0 saturated heterocycles. The van der Waals surface area contributed by atoms with Gasteiger partial charge in [-0.2, -0.15) is 5.10 Å². The molecule has 1 aliphatic heterocycles. The molecular formula is C22H21N7O2. The number of imidazole rings is 1. The van der Waals surface area contributed by atoms with Gasteiger partial charge in [0, 0.05) is 30.8 Å². The maximum atomic E-state index is 12.3. The summed E-state index contributed by atoms with van der Waals surface area (Å²) in [5.41, 5.74) is 4.20. The third kappa shape index (κ3) is 2.96. The Bertz CT molecular complexity index is 1270. The summed E-state index contributed by atoms with van der Waals surface area (Å²) >= 11 is 0. The highest BCUT2D eigenvalue weighted by molar-refractivity contribution is 5.97. The predicted octanol–water partition coefficient (Wildman–Crippen LogP) is 2.60. The van der Waals surface area contributed by atoms with Crippen LogP contribution >= 0.6 is 0 Å². The Morgan fingerprint density at radius 2 is 2.13 bits per heavy atom. The number of pyridine rings is 1. The SMILES string of the molecule is COc1cccn2nc([C@H]3c4nc[nH]c4CCN3c3cnc(C(=O)C4CC4)cn3)cc12. The lowest BCUT2D eigenvalue weighted by molar-refractivity contribution is 0.0962. The van der Waals surface area contributed by atoms with Crippen LogP contribution in [0.1, 0.15) is 46.5 Å². The largest absolute Gasteiger partial charge is 0.494 e. The standard InChI is InChI=1S/C22H21N7O2/c1-31-18-3-2-7-29-17(18)9-15(27-29)21-20-14(25-12-26-20)6-8-28(21)19-11-23-16(10-24-19)22(30)13-4-5-13/h2-3,7,9-13,21H,4-6,8H2,1H3,(H,25,26)/t21-/m0/s1. The lowest BCUT2D eigenvalue weighted by atomic mass is 10.00. The number of anilines is 1. The van der Waals surface area contributed by atoms with Gasteiger partial charge in [-0.3, -0.25) is 4.79 Å². The first kappa shape index (κ1) is 18.1. The zero-order valence-electron chi connectivity index (χ0n) is 17.0. The molecule has 4 aromatic rings. The maximum Gasteiger partial charge on any atom is 0.185 e. The van der Waals surface area contributed by atoms with Crippen molar-refractivity contribution in [1.82, 2.24) is 29.5 Å². The second kappa shape index (κ2) is 6.90.